The third-order valence-electron chi connectivity index (χ3n) is 3.61. The number of aryl methyl sites for hydroxylation is 1. The molecule has 1 heterocycles. The van der Waals surface area contributed by atoms with Crippen molar-refractivity contribution < 1.29 is 22.7 Å². The fourth-order valence-electron chi connectivity index (χ4n) is 2.21. The zero-order chi connectivity index (χ0) is 17.0. The van der Waals surface area contributed by atoms with E-state index < -0.39 is 22.0 Å². The number of hydrogen-bond acceptors (Lipinski definition) is 4. The minimum Gasteiger partial charge on any atom is -0.480 e. The Labute approximate surface area is 135 Å². The van der Waals surface area contributed by atoms with Crippen LogP contribution in [0.2, 0.25) is 0 Å². The third-order valence-corrected chi connectivity index (χ3v) is 5.36. The van der Waals surface area contributed by atoms with Gasteiger partial charge in [-0.15, -0.1) is 0 Å². The summed E-state index contributed by atoms with van der Waals surface area (Å²) in [6, 6.07) is 10.6. The number of nitrogens with zero attached hydrogens (tertiary/aromatic N) is 1. The molecule has 0 aliphatic carbocycles. The molecule has 0 fully saturated rings. The number of rotatable bonds is 7. The average molecular weight is 337 g/mol. The maximum Gasteiger partial charge on any atom is 0.322 e. The fourth-order valence-corrected chi connectivity index (χ4v) is 3.44. The summed E-state index contributed by atoms with van der Waals surface area (Å²) < 4.78 is 31.3. The second kappa shape index (κ2) is 6.97. The van der Waals surface area contributed by atoms with Gasteiger partial charge in [-0.25, -0.2) is 8.42 Å². The molecular weight excluding hydrogens is 318 g/mol. The molecule has 0 aliphatic rings. The Morgan fingerprint density at radius 2 is 1.87 bits per heavy atom. The second-order valence-corrected chi connectivity index (χ2v) is 7.07. The Morgan fingerprint density at radius 3 is 2.39 bits per heavy atom. The fraction of sp³-hybridized carbons (Fsp3) is 0.312. The number of carboxylic acid groups (broad SMARTS) is 1. The van der Waals surface area contributed by atoms with E-state index in [1.165, 1.54) is 13.1 Å². The first kappa shape index (κ1) is 17.2. The lowest BCUT2D eigenvalue weighted by Crippen LogP contribution is -2.43. The van der Waals surface area contributed by atoms with Gasteiger partial charge in [-0.1, -0.05) is 37.3 Å². The highest BCUT2D eigenvalue weighted by Gasteiger charge is 2.34. The van der Waals surface area contributed by atoms with Crippen molar-refractivity contribution in [3.05, 3.63) is 53.8 Å². The molecule has 1 unspecified atom stereocenters. The van der Waals surface area contributed by atoms with E-state index in [-0.39, 0.29) is 11.5 Å². The topological polar surface area (TPSA) is 87.8 Å². The molecule has 0 saturated heterocycles. The van der Waals surface area contributed by atoms with Crippen molar-refractivity contribution in [1.82, 2.24) is 4.31 Å². The number of sulfonamides is 1. The van der Waals surface area contributed by atoms with Gasteiger partial charge < -0.3 is 9.52 Å². The third kappa shape index (κ3) is 3.80. The van der Waals surface area contributed by atoms with Crippen molar-refractivity contribution in [2.45, 2.75) is 30.9 Å². The highest BCUT2D eigenvalue weighted by Crippen LogP contribution is 2.21. The van der Waals surface area contributed by atoms with E-state index in [1.54, 1.807) is 30.3 Å². The maximum absolute atomic E-state index is 12.6. The van der Waals surface area contributed by atoms with Crippen LogP contribution in [0.25, 0.3) is 0 Å². The van der Waals surface area contributed by atoms with E-state index in [1.807, 2.05) is 13.0 Å². The molecular formula is C16H19NO5S. The van der Waals surface area contributed by atoms with E-state index in [4.69, 9.17) is 4.42 Å². The summed E-state index contributed by atoms with van der Waals surface area (Å²) in [5, 5.41) is 9.19. The zero-order valence-corrected chi connectivity index (χ0v) is 13.8. The van der Waals surface area contributed by atoms with Crippen molar-refractivity contribution >= 4 is 16.0 Å². The predicted octanol–water partition coefficient (Wildman–Crippen LogP) is 2.16. The monoisotopic (exact) mass is 337 g/mol. The predicted molar refractivity (Wildman–Crippen MR) is 84.6 cm³/mol. The summed E-state index contributed by atoms with van der Waals surface area (Å²) in [6.07, 6.45) is 0.638. The number of carboxylic acids is 1. The van der Waals surface area contributed by atoms with Crippen LogP contribution in [0.3, 0.4) is 0 Å². The number of carbonyl (C=O) groups is 1. The minimum absolute atomic E-state index is 0.0766. The Balaban J connectivity index is 2.29. The van der Waals surface area contributed by atoms with Crippen molar-refractivity contribution in [1.29, 1.82) is 0 Å². The van der Waals surface area contributed by atoms with Gasteiger partial charge in [0.2, 0.25) is 5.09 Å². The van der Waals surface area contributed by atoms with Crippen LogP contribution < -0.4 is 0 Å². The number of likely N-dealkylation sites (N-methyl/N-ethyl adjacent to an activating group) is 1. The smallest absolute Gasteiger partial charge is 0.322 e. The molecule has 6 nitrogen and oxygen atoms in total. The summed E-state index contributed by atoms with van der Waals surface area (Å²) in [5.41, 5.74) is 0.746. The molecule has 0 amide bonds. The number of hydrogen-bond donors (Lipinski definition) is 1. The molecule has 7 heteroatoms. The maximum atomic E-state index is 12.6. The van der Waals surface area contributed by atoms with Gasteiger partial charge in [0.25, 0.3) is 10.0 Å². The molecule has 0 aliphatic heterocycles. The molecule has 23 heavy (non-hydrogen) atoms. The van der Waals surface area contributed by atoms with E-state index in [0.29, 0.717) is 12.2 Å². The number of aliphatic carboxylic acids is 1. The molecule has 124 valence electrons. The molecule has 0 bridgehead atoms. The van der Waals surface area contributed by atoms with E-state index in [2.05, 4.69) is 0 Å². The van der Waals surface area contributed by atoms with E-state index in [9.17, 15) is 18.3 Å². The summed E-state index contributed by atoms with van der Waals surface area (Å²) in [5.74, 6) is -0.672. The highest BCUT2D eigenvalue weighted by atomic mass is 32.2. The van der Waals surface area contributed by atoms with Crippen molar-refractivity contribution in [2.24, 2.45) is 0 Å². The van der Waals surface area contributed by atoms with Gasteiger partial charge in [0, 0.05) is 13.5 Å². The minimum atomic E-state index is -4.01. The lowest BCUT2D eigenvalue weighted by molar-refractivity contribution is -0.141. The van der Waals surface area contributed by atoms with Gasteiger partial charge in [0.1, 0.15) is 11.8 Å². The van der Waals surface area contributed by atoms with Crippen LogP contribution in [0, 0.1) is 0 Å². The average Bonchev–Trinajstić information content (AvgIpc) is 3.02. The van der Waals surface area contributed by atoms with Crippen molar-refractivity contribution in [3.8, 4) is 0 Å². The lowest BCUT2D eigenvalue weighted by Gasteiger charge is -2.23. The van der Waals surface area contributed by atoms with Gasteiger partial charge in [0.15, 0.2) is 0 Å². The van der Waals surface area contributed by atoms with Crippen LogP contribution in [0.1, 0.15) is 18.2 Å². The first-order valence-corrected chi connectivity index (χ1v) is 8.63. The molecule has 1 aromatic heterocycles. The summed E-state index contributed by atoms with van der Waals surface area (Å²) in [4.78, 5) is 11.5. The molecule has 0 spiro atoms. The van der Waals surface area contributed by atoms with E-state index in [0.717, 1.165) is 9.87 Å². The first-order chi connectivity index (χ1) is 10.9. The van der Waals surface area contributed by atoms with Crippen LogP contribution in [0.4, 0.5) is 0 Å². The van der Waals surface area contributed by atoms with Crippen LogP contribution >= 0.6 is 0 Å². The molecule has 2 rings (SSSR count). The molecule has 1 N–H and O–H groups in total. The van der Waals surface area contributed by atoms with Crippen LogP contribution in [-0.4, -0.2) is 36.9 Å². The molecule has 2 aromatic rings. The SMILES string of the molecule is CCc1ccc(S(=O)(=O)N(C)C(Cc2ccccc2)C(=O)O)o1. The second-order valence-electron chi connectivity index (χ2n) is 5.14. The summed E-state index contributed by atoms with van der Waals surface area (Å²) >= 11 is 0. The van der Waals surface area contributed by atoms with Crippen LogP contribution in [0.15, 0.2) is 52.0 Å². The summed E-state index contributed by atoms with van der Waals surface area (Å²) in [7, 11) is -2.75. The van der Waals surface area contributed by atoms with Crippen LogP contribution in [-0.2, 0) is 27.7 Å². The normalized spacial score (nSPS) is 13.2. The largest absolute Gasteiger partial charge is 0.480 e. The van der Waals surface area contributed by atoms with Gasteiger partial charge in [-0.3, -0.25) is 4.79 Å². The van der Waals surface area contributed by atoms with Gasteiger partial charge >= 0.3 is 5.97 Å². The van der Waals surface area contributed by atoms with Gasteiger partial charge in [-0.2, -0.15) is 4.31 Å². The lowest BCUT2D eigenvalue weighted by atomic mass is 10.1. The first-order valence-electron chi connectivity index (χ1n) is 7.19. The Hall–Kier alpha value is -2.12. The molecule has 1 atom stereocenters. The highest BCUT2D eigenvalue weighted by molar-refractivity contribution is 7.89. The molecule has 0 radical (unpaired) electrons. The summed E-state index contributed by atoms with van der Waals surface area (Å²) in [6.45, 7) is 1.84. The van der Waals surface area contributed by atoms with Crippen LogP contribution in [0.5, 0.6) is 0 Å². The standard InChI is InChI=1S/C16H19NO5S/c1-3-13-9-10-15(22-13)23(20,21)17(2)14(16(18)19)11-12-7-5-4-6-8-12/h4-10,14H,3,11H2,1-2H3,(H,18,19). The molecule has 0 saturated carbocycles. The zero-order valence-electron chi connectivity index (χ0n) is 13.0. The van der Waals surface area contributed by atoms with Gasteiger partial charge in [0.05, 0.1) is 0 Å². The molecule has 1 aromatic carbocycles. The Kier molecular flexibility index (Phi) is 5.23. The van der Waals surface area contributed by atoms with Crippen molar-refractivity contribution in [3.63, 3.8) is 0 Å². The van der Waals surface area contributed by atoms with Gasteiger partial charge in [-0.05, 0) is 24.1 Å². The Morgan fingerprint density at radius 1 is 1.22 bits per heavy atom. The van der Waals surface area contributed by atoms with Crippen molar-refractivity contribution in [2.75, 3.05) is 7.05 Å². The quantitative estimate of drug-likeness (QED) is 0.836. The number of benzene rings is 1. The number of furan rings is 1. The Bertz CT molecular complexity index is 767. The van der Waals surface area contributed by atoms with E-state index >= 15 is 0 Å².